The summed E-state index contributed by atoms with van der Waals surface area (Å²) in [4.78, 5) is 0. The van der Waals surface area contributed by atoms with Crippen LogP contribution in [0.25, 0.3) is 10.8 Å². The Balaban J connectivity index is 2.03. The van der Waals surface area contributed by atoms with E-state index in [2.05, 4.69) is 25.1 Å². The minimum absolute atomic E-state index is 0.0873. The molecular weight excluding hydrogens is 250 g/mol. The molecule has 3 nitrogen and oxygen atoms in total. The Morgan fingerprint density at radius 2 is 1.90 bits per heavy atom. The number of fused-ring (bicyclic) bond motifs is 1. The molecule has 3 heteroatoms. The molecule has 0 spiro atoms. The van der Waals surface area contributed by atoms with E-state index in [-0.39, 0.29) is 12.1 Å². The molecule has 0 bridgehead atoms. The van der Waals surface area contributed by atoms with Crippen LogP contribution < -0.4 is 10.5 Å². The Hall–Kier alpha value is -1.58. The third-order valence-corrected chi connectivity index (χ3v) is 4.16. The molecule has 106 valence electrons. The van der Waals surface area contributed by atoms with Gasteiger partial charge in [-0.1, -0.05) is 30.3 Å². The van der Waals surface area contributed by atoms with Gasteiger partial charge in [-0.2, -0.15) is 0 Å². The number of rotatable bonds is 3. The molecule has 2 aromatic carbocycles. The van der Waals surface area contributed by atoms with E-state index in [1.807, 2.05) is 18.2 Å². The van der Waals surface area contributed by atoms with Crippen molar-refractivity contribution < 1.29 is 9.47 Å². The van der Waals surface area contributed by atoms with Crippen LogP contribution in [0.1, 0.15) is 31.4 Å². The van der Waals surface area contributed by atoms with Crippen molar-refractivity contribution in [1.82, 2.24) is 0 Å². The lowest BCUT2D eigenvalue weighted by Crippen LogP contribution is -2.26. The molecule has 2 N–H and O–H groups in total. The predicted octanol–water partition coefficient (Wildman–Crippen LogP) is 3.42. The summed E-state index contributed by atoms with van der Waals surface area (Å²) >= 11 is 0. The van der Waals surface area contributed by atoms with Gasteiger partial charge in [0.05, 0.1) is 25.4 Å². The van der Waals surface area contributed by atoms with Crippen LogP contribution in [0.5, 0.6) is 5.75 Å². The third kappa shape index (κ3) is 2.28. The molecule has 1 saturated heterocycles. The van der Waals surface area contributed by atoms with E-state index in [0.717, 1.165) is 34.9 Å². The maximum absolute atomic E-state index is 6.45. The topological polar surface area (TPSA) is 44.5 Å². The van der Waals surface area contributed by atoms with Crippen LogP contribution in [0.3, 0.4) is 0 Å². The van der Waals surface area contributed by atoms with Gasteiger partial charge < -0.3 is 15.2 Å². The van der Waals surface area contributed by atoms with Crippen LogP contribution in [0.15, 0.2) is 36.4 Å². The highest BCUT2D eigenvalue weighted by atomic mass is 16.5. The van der Waals surface area contributed by atoms with Crippen molar-refractivity contribution in [1.29, 1.82) is 0 Å². The fourth-order valence-corrected chi connectivity index (χ4v) is 3.06. The number of hydrogen-bond acceptors (Lipinski definition) is 3. The van der Waals surface area contributed by atoms with Crippen LogP contribution in [0, 0.1) is 0 Å². The van der Waals surface area contributed by atoms with E-state index in [1.165, 1.54) is 0 Å². The van der Waals surface area contributed by atoms with Crippen molar-refractivity contribution in [3.8, 4) is 5.75 Å². The molecular formula is C17H21NO2. The second-order valence-electron chi connectivity index (χ2n) is 5.49. The second kappa shape index (κ2) is 5.43. The van der Waals surface area contributed by atoms with Crippen LogP contribution in [-0.2, 0) is 4.74 Å². The summed E-state index contributed by atoms with van der Waals surface area (Å²) in [5.41, 5.74) is 7.59. The van der Waals surface area contributed by atoms with Gasteiger partial charge in [-0.25, -0.2) is 0 Å². The van der Waals surface area contributed by atoms with Gasteiger partial charge in [0, 0.05) is 5.39 Å². The van der Waals surface area contributed by atoms with Crippen molar-refractivity contribution in [2.24, 2.45) is 5.73 Å². The van der Waals surface area contributed by atoms with Crippen LogP contribution >= 0.6 is 0 Å². The molecule has 0 amide bonds. The van der Waals surface area contributed by atoms with Crippen LogP contribution in [0.4, 0.5) is 0 Å². The van der Waals surface area contributed by atoms with Gasteiger partial charge in [0.2, 0.25) is 0 Å². The largest absolute Gasteiger partial charge is 0.496 e. The highest BCUT2D eigenvalue weighted by molar-refractivity contribution is 5.91. The first-order valence-corrected chi connectivity index (χ1v) is 7.17. The van der Waals surface area contributed by atoms with E-state index >= 15 is 0 Å². The molecule has 1 heterocycles. The zero-order chi connectivity index (χ0) is 14.1. The quantitative estimate of drug-likeness (QED) is 0.930. The first-order chi connectivity index (χ1) is 9.70. The van der Waals surface area contributed by atoms with Crippen molar-refractivity contribution in [3.63, 3.8) is 0 Å². The lowest BCUT2D eigenvalue weighted by molar-refractivity contribution is 0.0404. The lowest BCUT2D eigenvalue weighted by Gasteiger charge is -2.22. The molecule has 3 unspecified atom stereocenters. The Morgan fingerprint density at radius 1 is 1.15 bits per heavy atom. The molecule has 3 atom stereocenters. The molecule has 0 aliphatic carbocycles. The first kappa shape index (κ1) is 13.4. The van der Waals surface area contributed by atoms with Gasteiger partial charge in [0.1, 0.15) is 5.75 Å². The minimum atomic E-state index is -0.0873. The Morgan fingerprint density at radius 3 is 2.55 bits per heavy atom. The number of ether oxygens (including phenoxy) is 2. The second-order valence-corrected chi connectivity index (χ2v) is 5.49. The summed E-state index contributed by atoms with van der Waals surface area (Å²) < 4.78 is 11.4. The fourth-order valence-electron chi connectivity index (χ4n) is 3.06. The van der Waals surface area contributed by atoms with Crippen LogP contribution in [0.2, 0.25) is 0 Å². The average Bonchev–Trinajstić information content (AvgIpc) is 2.92. The molecule has 0 radical (unpaired) electrons. The van der Waals surface area contributed by atoms with E-state index in [9.17, 15) is 0 Å². The van der Waals surface area contributed by atoms with Gasteiger partial charge in [0.25, 0.3) is 0 Å². The van der Waals surface area contributed by atoms with Crippen molar-refractivity contribution in [2.75, 3.05) is 7.11 Å². The zero-order valence-corrected chi connectivity index (χ0v) is 12.0. The molecule has 1 aliphatic rings. The average molecular weight is 271 g/mol. The fraction of sp³-hybridized carbons (Fsp3) is 0.412. The maximum Gasteiger partial charge on any atom is 0.126 e. The van der Waals surface area contributed by atoms with Crippen LogP contribution in [-0.4, -0.2) is 19.3 Å². The lowest BCUT2D eigenvalue weighted by atomic mass is 9.94. The molecule has 0 saturated carbocycles. The molecule has 20 heavy (non-hydrogen) atoms. The molecule has 1 fully saturated rings. The number of benzene rings is 2. The summed E-state index contributed by atoms with van der Waals surface area (Å²) in [6.45, 7) is 2.11. The highest BCUT2D eigenvalue weighted by Crippen LogP contribution is 2.35. The van der Waals surface area contributed by atoms with E-state index in [1.54, 1.807) is 7.11 Å². The van der Waals surface area contributed by atoms with Gasteiger partial charge in [-0.3, -0.25) is 0 Å². The molecule has 2 aromatic rings. The van der Waals surface area contributed by atoms with E-state index in [4.69, 9.17) is 15.2 Å². The van der Waals surface area contributed by atoms with E-state index in [0.29, 0.717) is 6.10 Å². The highest BCUT2D eigenvalue weighted by Gasteiger charge is 2.29. The van der Waals surface area contributed by atoms with Crippen molar-refractivity contribution in [3.05, 3.63) is 42.0 Å². The summed E-state index contributed by atoms with van der Waals surface area (Å²) in [7, 11) is 1.70. The number of hydrogen-bond donors (Lipinski definition) is 1. The monoisotopic (exact) mass is 271 g/mol. The summed E-state index contributed by atoms with van der Waals surface area (Å²) in [5, 5.41) is 2.26. The SMILES string of the molecule is COc1ccc(C(N)C2CCC(C)O2)c2ccccc12. The summed E-state index contributed by atoms with van der Waals surface area (Å²) in [5.74, 6) is 0.886. The normalized spacial score (nSPS) is 23.9. The third-order valence-electron chi connectivity index (χ3n) is 4.16. The van der Waals surface area contributed by atoms with Gasteiger partial charge in [-0.05, 0) is 36.8 Å². The molecule has 3 rings (SSSR count). The van der Waals surface area contributed by atoms with Gasteiger partial charge in [0.15, 0.2) is 0 Å². The Labute approximate surface area is 119 Å². The summed E-state index contributed by atoms with van der Waals surface area (Å²) in [6, 6.07) is 12.2. The number of methoxy groups -OCH3 is 1. The van der Waals surface area contributed by atoms with E-state index < -0.39 is 0 Å². The molecule has 1 aliphatic heterocycles. The summed E-state index contributed by atoms with van der Waals surface area (Å²) in [6.07, 6.45) is 2.55. The standard InChI is InChI=1S/C17H21NO2/c1-11-7-9-16(20-11)17(18)14-8-10-15(19-2)13-6-4-3-5-12(13)14/h3-6,8,10-11,16-17H,7,9,18H2,1-2H3. The molecule has 0 aromatic heterocycles. The maximum atomic E-state index is 6.45. The smallest absolute Gasteiger partial charge is 0.126 e. The van der Waals surface area contributed by atoms with Gasteiger partial charge >= 0.3 is 0 Å². The predicted molar refractivity (Wildman–Crippen MR) is 81.0 cm³/mol. The van der Waals surface area contributed by atoms with Crippen molar-refractivity contribution in [2.45, 2.75) is 38.0 Å². The number of nitrogens with two attached hydrogens (primary N) is 1. The minimum Gasteiger partial charge on any atom is -0.496 e. The van der Waals surface area contributed by atoms with Crippen molar-refractivity contribution >= 4 is 10.8 Å². The first-order valence-electron chi connectivity index (χ1n) is 7.17. The Bertz CT molecular complexity index is 611. The Kier molecular flexibility index (Phi) is 3.64. The zero-order valence-electron chi connectivity index (χ0n) is 12.0. The van der Waals surface area contributed by atoms with Gasteiger partial charge in [-0.15, -0.1) is 0 Å².